The minimum atomic E-state index is -5.04. The van der Waals surface area contributed by atoms with E-state index in [-0.39, 0.29) is 16.7 Å². The third-order valence-electron chi connectivity index (χ3n) is 3.21. The van der Waals surface area contributed by atoms with Crippen molar-refractivity contribution in [2.45, 2.75) is 17.4 Å². The maximum absolute atomic E-state index is 12.8. The van der Waals surface area contributed by atoms with Crippen LogP contribution in [-0.2, 0) is 17.1 Å². The maximum Gasteiger partial charge on any atom is 0.416 e. The van der Waals surface area contributed by atoms with Crippen molar-refractivity contribution in [1.29, 1.82) is 0 Å². The Balaban J connectivity index is 2.19. The van der Waals surface area contributed by atoms with Crippen LogP contribution in [0.4, 0.5) is 32.0 Å². The first-order valence-electron chi connectivity index (χ1n) is 7.28. The lowest BCUT2D eigenvalue weighted by molar-refractivity contribution is -0.143. The summed E-state index contributed by atoms with van der Waals surface area (Å²) in [6.07, 6.45) is -8.81. The molecule has 2 aromatic rings. The number of benzene rings is 1. The van der Waals surface area contributed by atoms with Crippen molar-refractivity contribution in [3.63, 3.8) is 0 Å². The fourth-order valence-corrected chi connectivity index (χ4v) is 2.81. The molecular formula is C16H10F6N2O3S. The van der Waals surface area contributed by atoms with E-state index < -0.39 is 46.8 Å². The van der Waals surface area contributed by atoms with Gasteiger partial charge in [-0.15, -0.1) is 0 Å². The Labute approximate surface area is 157 Å². The molecule has 5 nitrogen and oxygen atoms in total. The number of thioether (sulfide) groups is 1. The quantitative estimate of drug-likeness (QED) is 0.544. The van der Waals surface area contributed by atoms with Crippen molar-refractivity contribution in [3.8, 4) is 0 Å². The smallest absolute Gasteiger partial charge is 0.416 e. The summed E-state index contributed by atoms with van der Waals surface area (Å²) in [5.41, 5.74) is -4.02. The zero-order valence-corrected chi connectivity index (χ0v) is 14.4. The molecule has 0 unspecified atom stereocenters. The summed E-state index contributed by atoms with van der Waals surface area (Å²) in [6, 6.07) is 3.28. The lowest BCUT2D eigenvalue weighted by Gasteiger charge is -2.14. The van der Waals surface area contributed by atoms with Gasteiger partial charge in [0.25, 0.3) is 0 Å². The minimum absolute atomic E-state index is 0.0230. The first-order valence-corrected chi connectivity index (χ1v) is 8.27. The van der Waals surface area contributed by atoms with Crippen molar-refractivity contribution in [2.75, 3.05) is 11.1 Å². The highest BCUT2D eigenvalue weighted by Crippen LogP contribution is 2.37. The molecule has 0 radical (unpaired) electrons. The van der Waals surface area contributed by atoms with Crippen LogP contribution < -0.4 is 5.32 Å². The van der Waals surface area contributed by atoms with Gasteiger partial charge in [-0.3, -0.25) is 4.79 Å². The topological polar surface area (TPSA) is 79.3 Å². The first kappa shape index (κ1) is 21.5. The lowest BCUT2D eigenvalue weighted by atomic mass is 10.1. The van der Waals surface area contributed by atoms with E-state index in [2.05, 4.69) is 4.98 Å². The Bertz CT molecular complexity index is 866. The van der Waals surface area contributed by atoms with Gasteiger partial charge in [0, 0.05) is 11.9 Å². The van der Waals surface area contributed by atoms with Crippen LogP contribution in [0.2, 0.25) is 0 Å². The molecule has 0 saturated carbocycles. The Kier molecular flexibility index (Phi) is 6.22. The highest BCUT2D eigenvalue weighted by atomic mass is 32.2. The normalized spacial score (nSPS) is 11.9. The Morgan fingerprint density at radius 3 is 2.11 bits per heavy atom. The van der Waals surface area contributed by atoms with Crippen molar-refractivity contribution in [1.82, 2.24) is 4.98 Å². The van der Waals surface area contributed by atoms with Crippen LogP contribution in [0.1, 0.15) is 21.5 Å². The van der Waals surface area contributed by atoms with Crippen LogP contribution >= 0.6 is 11.8 Å². The molecule has 0 fully saturated rings. The zero-order chi connectivity index (χ0) is 21.1. The summed E-state index contributed by atoms with van der Waals surface area (Å²) >= 11 is 0.674. The number of pyridine rings is 1. The van der Waals surface area contributed by atoms with Gasteiger partial charge in [0.15, 0.2) is 0 Å². The van der Waals surface area contributed by atoms with Crippen LogP contribution in [0.15, 0.2) is 41.6 Å². The largest absolute Gasteiger partial charge is 0.478 e. The molecule has 0 aliphatic rings. The second-order valence-corrected chi connectivity index (χ2v) is 6.26. The van der Waals surface area contributed by atoms with Gasteiger partial charge in [0.05, 0.1) is 22.4 Å². The van der Waals surface area contributed by atoms with Crippen LogP contribution in [0.3, 0.4) is 0 Å². The van der Waals surface area contributed by atoms with Crippen LogP contribution in [0.5, 0.6) is 0 Å². The molecule has 1 heterocycles. The molecule has 2 N–H and O–H groups in total. The molecule has 1 aromatic heterocycles. The number of carbonyl (C=O) groups is 2. The fourth-order valence-electron chi connectivity index (χ4n) is 2.03. The summed E-state index contributed by atoms with van der Waals surface area (Å²) in [6.45, 7) is 0. The second-order valence-electron chi connectivity index (χ2n) is 5.29. The number of amides is 1. The van der Waals surface area contributed by atoms with Gasteiger partial charge in [0.1, 0.15) is 5.03 Å². The molecule has 0 aliphatic carbocycles. The number of rotatable bonds is 5. The van der Waals surface area contributed by atoms with Crippen LogP contribution in [0.25, 0.3) is 0 Å². The van der Waals surface area contributed by atoms with Gasteiger partial charge in [-0.2, -0.15) is 26.3 Å². The number of aromatic nitrogens is 1. The number of hydrogen-bond acceptors (Lipinski definition) is 4. The number of carboxylic acids is 1. The van der Waals surface area contributed by atoms with Gasteiger partial charge >= 0.3 is 18.3 Å². The van der Waals surface area contributed by atoms with Gasteiger partial charge in [-0.25, -0.2) is 9.78 Å². The number of hydrogen-bond donors (Lipinski definition) is 2. The third-order valence-corrected chi connectivity index (χ3v) is 4.22. The predicted octanol–water partition coefficient (Wildman–Crippen LogP) is 4.55. The molecular weight excluding hydrogens is 414 g/mol. The van der Waals surface area contributed by atoms with Gasteiger partial charge in [0.2, 0.25) is 5.91 Å². The van der Waals surface area contributed by atoms with Crippen molar-refractivity contribution < 1.29 is 41.0 Å². The molecule has 0 atom stereocenters. The van der Waals surface area contributed by atoms with Crippen molar-refractivity contribution in [2.24, 2.45) is 0 Å². The number of nitrogens with zero attached hydrogens (tertiary/aromatic N) is 1. The van der Waals surface area contributed by atoms with Crippen molar-refractivity contribution in [3.05, 3.63) is 53.2 Å². The molecule has 28 heavy (non-hydrogen) atoms. The molecule has 12 heteroatoms. The summed E-state index contributed by atoms with van der Waals surface area (Å²) < 4.78 is 76.9. The second kappa shape index (κ2) is 8.09. The summed E-state index contributed by atoms with van der Waals surface area (Å²) in [5.74, 6) is -2.71. The first-order chi connectivity index (χ1) is 12.9. The molecule has 2 rings (SSSR count). The standard InChI is InChI=1S/C16H10F6N2O3S/c17-15(18,19)8-4-9(16(20,21)22)6-10(5-8)24-12(25)7-28-13-11(14(26)27)2-1-3-23-13/h1-6H,7H2,(H,24,25)(H,26,27). The van der Waals surface area contributed by atoms with E-state index in [1.807, 2.05) is 5.32 Å². The number of aromatic carboxylic acids is 1. The highest BCUT2D eigenvalue weighted by molar-refractivity contribution is 8.00. The molecule has 1 amide bonds. The summed E-state index contributed by atoms with van der Waals surface area (Å²) in [5, 5.41) is 10.9. The molecule has 0 spiro atoms. The van der Waals surface area contributed by atoms with E-state index in [9.17, 15) is 35.9 Å². The van der Waals surface area contributed by atoms with Crippen molar-refractivity contribution >= 4 is 29.3 Å². The van der Waals surface area contributed by atoms with Gasteiger partial charge in [-0.1, -0.05) is 11.8 Å². The number of carbonyl (C=O) groups excluding carboxylic acids is 1. The lowest BCUT2D eigenvalue weighted by Crippen LogP contribution is -2.17. The monoisotopic (exact) mass is 424 g/mol. The van der Waals surface area contributed by atoms with Crippen LogP contribution in [-0.4, -0.2) is 27.7 Å². The van der Waals surface area contributed by atoms with Crippen LogP contribution in [0, 0.1) is 0 Å². The zero-order valence-electron chi connectivity index (χ0n) is 13.6. The highest BCUT2D eigenvalue weighted by Gasteiger charge is 2.37. The maximum atomic E-state index is 12.8. The van der Waals surface area contributed by atoms with E-state index in [1.165, 1.54) is 18.3 Å². The number of nitrogens with one attached hydrogen (secondary N) is 1. The summed E-state index contributed by atoms with van der Waals surface area (Å²) in [4.78, 5) is 26.7. The number of anilines is 1. The Morgan fingerprint density at radius 1 is 1.04 bits per heavy atom. The fraction of sp³-hybridized carbons (Fsp3) is 0.188. The molecule has 0 aliphatic heterocycles. The molecule has 0 bridgehead atoms. The SMILES string of the molecule is O=C(CSc1ncccc1C(=O)O)Nc1cc(C(F)(F)F)cc(C(F)(F)F)c1. The average Bonchev–Trinajstić information content (AvgIpc) is 2.58. The number of alkyl halides is 6. The number of carboxylic acid groups (broad SMARTS) is 1. The van der Waals surface area contributed by atoms with Gasteiger partial charge < -0.3 is 10.4 Å². The van der Waals surface area contributed by atoms with E-state index in [1.54, 1.807) is 0 Å². The van der Waals surface area contributed by atoms with Gasteiger partial charge in [-0.05, 0) is 30.3 Å². The Hall–Kier alpha value is -2.76. The van der Waals surface area contributed by atoms with E-state index in [0.29, 0.717) is 23.9 Å². The third kappa shape index (κ3) is 5.62. The number of halogens is 6. The Morgan fingerprint density at radius 2 is 1.61 bits per heavy atom. The molecule has 150 valence electrons. The average molecular weight is 424 g/mol. The van der Waals surface area contributed by atoms with E-state index in [0.717, 1.165) is 0 Å². The molecule has 1 aromatic carbocycles. The summed E-state index contributed by atoms with van der Waals surface area (Å²) in [7, 11) is 0. The van der Waals surface area contributed by atoms with E-state index >= 15 is 0 Å². The molecule has 0 saturated heterocycles. The predicted molar refractivity (Wildman–Crippen MR) is 87.0 cm³/mol. The van der Waals surface area contributed by atoms with E-state index in [4.69, 9.17) is 5.11 Å². The minimum Gasteiger partial charge on any atom is -0.478 e.